The molecule has 0 aromatic carbocycles. The molecular weight excluding hydrogens is 394 g/mol. The first-order valence-electron chi connectivity index (χ1n) is 11.0. The Labute approximate surface area is 184 Å². The fraction of sp³-hybridized carbons (Fsp3) is 0.609. The number of ether oxygens (including phenoxy) is 1. The van der Waals surface area contributed by atoms with Gasteiger partial charge in [-0.05, 0) is 38.3 Å². The van der Waals surface area contributed by atoms with Crippen LogP contribution in [0, 0.1) is 5.92 Å². The summed E-state index contributed by atoms with van der Waals surface area (Å²) in [4.78, 5) is 15.3. The highest BCUT2D eigenvalue weighted by Gasteiger charge is 2.27. The molecule has 8 nitrogen and oxygen atoms in total. The average Bonchev–Trinajstić information content (AvgIpc) is 3.29. The van der Waals surface area contributed by atoms with Gasteiger partial charge in [0.1, 0.15) is 18.2 Å². The summed E-state index contributed by atoms with van der Waals surface area (Å²) in [6.07, 6.45) is 3.89. The van der Waals surface area contributed by atoms with Crippen LogP contribution in [0.2, 0.25) is 0 Å². The molecule has 1 atom stereocenters. The molecule has 1 unspecified atom stereocenters. The summed E-state index contributed by atoms with van der Waals surface area (Å²) in [6.45, 7) is 12.5. The summed E-state index contributed by atoms with van der Waals surface area (Å²) in [6, 6.07) is 3.22. The molecule has 8 heteroatoms. The van der Waals surface area contributed by atoms with Gasteiger partial charge in [-0.2, -0.15) is 0 Å². The maximum Gasteiger partial charge on any atom is 0.287 e. The molecule has 31 heavy (non-hydrogen) atoms. The third kappa shape index (κ3) is 6.27. The molecule has 0 bridgehead atoms. The first-order valence-corrected chi connectivity index (χ1v) is 11.0. The van der Waals surface area contributed by atoms with Crippen molar-refractivity contribution in [3.05, 3.63) is 47.0 Å². The number of nitrogens with one attached hydrogen (secondary N) is 1. The zero-order valence-corrected chi connectivity index (χ0v) is 19.4. The molecule has 0 fully saturated rings. The topological polar surface area (TPSA) is 85.4 Å². The van der Waals surface area contributed by atoms with Crippen molar-refractivity contribution in [3.8, 4) is 0 Å². The van der Waals surface area contributed by atoms with Gasteiger partial charge in [-0.15, -0.1) is 10.2 Å². The van der Waals surface area contributed by atoms with Crippen molar-refractivity contribution in [3.63, 3.8) is 0 Å². The van der Waals surface area contributed by atoms with E-state index in [1.807, 2.05) is 0 Å². The highest BCUT2D eigenvalue weighted by Crippen LogP contribution is 2.23. The van der Waals surface area contributed by atoms with E-state index in [-0.39, 0.29) is 17.7 Å². The third-order valence-corrected chi connectivity index (χ3v) is 5.40. The van der Waals surface area contributed by atoms with Crippen LogP contribution < -0.4 is 5.32 Å². The van der Waals surface area contributed by atoms with Gasteiger partial charge < -0.3 is 19.0 Å². The van der Waals surface area contributed by atoms with Gasteiger partial charge in [0.05, 0.1) is 6.04 Å². The first kappa shape index (κ1) is 23.2. The van der Waals surface area contributed by atoms with Gasteiger partial charge in [0.2, 0.25) is 0 Å². The summed E-state index contributed by atoms with van der Waals surface area (Å²) in [7, 11) is 1.60. The molecule has 170 valence electrons. The Morgan fingerprint density at radius 2 is 2.06 bits per heavy atom. The van der Waals surface area contributed by atoms with E-state index in [2.05, 4.69) is 58.8 Å². The Balaban J connectivity index is 1.75. The second-order valence-electron chi connectivity index (χ2n) is 8.81. The van der Waals surface area contributed by atoms with Crippen LogP contribution in [-0.4, -0.2) is 52.3 Å². The third-order valence-electron chi connectivity index (χ3n) is 5.40. The fourth-order valence-electron chi connectivity index (χ4n) is 3.79. The van der Waals surface area contributed by atoms with Gasteiger partial charge in [0.25, 0.3) is 5.91 Å². The lowest BCUT2D eigenvalue weighted by Gasteiger charge is -2.21. The van der Waals surface area contributed by atoms with Crippen LogP contribution in [0.1, 0.15) is 68.1 Å². The van der Waals surface area contributed by atoms with Crippen molar-refractivity contribution < 1.29 is 13.9 Å². The zero-order valence-electron chi connectivity index (χ0n) is 19.4. The summed E-state index contributed by atoms with van der Waals surface area (Å²) >= 11 is 0. The van der Waals surface area contributed by atoms with Crippen LogP contribution in [0.3, 0.4) is 0 Å². The van der Waals surface area contributed by atoms with E-state index in [0.717, 1.165) is 50.7 Å². The Bertz CT molecular complexity index is 895. The summed E-state index contributed by atoms with van der Waals surface area (Å²) in [5.41, 5.74) is 1.33. The fourth-order valence-corrected chi connectivity index (χ4v) is 3.79. The monoisotopic (exact) mass is 429 g/mol. The van der Waals surface area contributed by atoms with Crippen LogP contribution >= 0.6 is 0 Å². The smallest absolute Gasteiger partial charge is 0.287 e. The van der Waals surface area contributed by atoms with E-state index in [4.69, 9.17) is 9.15 Å². The van der Waals surface area contributed by atoms with Crippen molar-refractivity contribution in [1.29, 1.82) is 0 Å². The van der Waals surface area contributed by atoms with Crippen molar-refractivity contribution in [2.75, 3.05) is 26.7 Å². The van der Waals surface area contributed by atoms with E-state index in [1.54, 1.807) is 19.2 Å². The van der Waals surface area contributed by atoms with Crippen LogP contribution in [-0.2, 0) is 24.3 Å². The molecule has 0 spiro atoms. The molecule has 1 aliphatic heterocycles. The molecule has 0 saturated heterocycles. The molecule has 1 amide bonds. The Kier molecular flexibility index (Phi) is 8.03. The molecular formula is C23H35N5O3. The minimum atomic E-state index is -0.246. The van der Waals surface area contributed by atoms with Gasteiger partial charge in [0.15, 0.2) is 11.6 Å². The van der Waals surface area contributed by atoms with E-state index in [1.165, 1.54) is 5.57 Å². The molecule has 0 aliphatic carbocycles. The van der Waals surface area contributed by atoms with Crippen molar-refractivity contribution in [2.45, 2.75) is 59.7 Å². The maximum absolute atomic E-state index is 12.9. The van der Waals surface area contributed by atoms with Crippen LogP contribution in [0.5, 0.6) is 0 Å². The second kappa shape index (κ2) is 10.7. The molecule has 3 heterocycles. The number of rotatable bonds is 9. The predicted octanol–water partition coefficient (Wildman–Crippen LogP) is 3.36. The highest BCUT2D eigenvalue weighted by atomic mass is 16.5. The number of hydrogen-bond donors (Lipinski definition) is 1. The van der Waals surface area contributed by atoms with E-state index < -0.39 is 0 Å². The Morgan fingerprint density at radius 3 is 2.77 bits per heavy atom. The van der Waals surface area contributed by atoms with Gasteiger partial charge in [-0.25, -0.2) is 0 Å². The standard InChI is InChI=1S/C23H35N5O3/c1-16(2)8-10-27-11-9-21-25-26-22(28(21)13-12-27)19(14-17(3)4)24-23(29)20-7-6-18(31-20)15-30-5/h6-8,17,19H,9-15H2,1-5H3,(H,24,29). The summed E-state index contributed by atoms with van der Waals surface area (Å²) in [5, 5.41) is 12.1. The maximum atomic E-state index is 12.9. The van der Waals surface area contributed by atoms with Crippen molar-refractivity contribution >= 4 is 5.91 Å². The average molecular weight is 430 g/mol. The quantitative estimate of drug-likeness (QED) is 0.615. The number of carbonyl (C=O) groups is 1. The van der Waals surface area contributed by atoms with Crippen LogP contribution in [0.15, 0.2) is 28.2 Å². The number of methoxy groups -OCH3 is 1. The molecule has 2 aromatic rings. The number of aromatic nitrogens is 3. The Hall–Kier alpha value is -2.45. The van der Waals surface area contributed by atoms with Gasteiger partial charge in [0, 0.05) is 39.7 Å². The summed E-state index contributed by atoms with van der Waals surface area (Å²) < 4.78 is 12.9. The lowest BCUT2D eigenvalue weighted by Crippen LogP contribution is -2.32. The molecule has 3 rings (SSSR count). The number of carbonyl (C=O) groups excluding carboxylic acids is 1. The second-order valence-corrected chi connectivity index (χ2v) is 8.81. The van der Waals surface area contributed by atoms with Crippen molar-refractivity contribution in [2.24, 2.45) is 5.92 Å². The molecule has 0 saturated carbocycles. The predicted molar refractivity (Wildman–Crippen MR) is 119 cm³/mol. The normalized spacial score (nSPS) is 15.4. The van der Waals surface area contributed by atoms with Crippen molar-refractivity contribution in [1.82, 2.24) is 25.0 Å². The lowest BCUT2D eigenvalue weighted by atomic mass is 10.0. The van der Waals surface area contributed by atoms with Gasteiger partial charge in [-0.3, -0.25) is 9.69 Å². The molecule has 1 aliphatic rings. The number of nitrogens with zero attached hydrogens (tertiary/aromatic N) is 4. The van der Waals surface area contributed by atoms with E-state index in [9.17, 15) is 4.79 Å². The van der Waals surface area contributed by atoms with Gasteiger partial charge in [-0.1, -0.05) is 25.5 Å². The zero-order chi connectivity index (χ0) is 22.4. The Morgan fingerprint density at radius 1 is 1.26 bits per heavy atom. The number of amides is 1. The molecule has 0 radical (unpaired) electrons. The van der Waals surface area contributed by atoms with Crippen LogP contribution in [0.4, 0.5) is 0 Å². The number of hydrogen-bond acceptors (Lipinski definition) is 6. The first-order chi connectivity index (χ1) is 14.9. The summed E-state index contributed by atoms with van der Waals surface area (Å²) in [5.74, 6) is 2.86. The highest BCUT2D eigenvalue weighted by molar-refractivity contribution is 5.91. The minimum absolute atomic E-state index is 0.228. The van der Waals surface area contributed by atoms with E-state index >= 15 is 0 Å². The number of fused-ring (bicyclic) bond motifs is 1. The SMILES string of the molecule is COCc1ccc(C(=O)NC(CC(C)C)c2nnc3n2CCN(CC=C(C)C)CC3)o1. The lowest BCUT2D eigenvalue weighted by molar-refractivity contribution is 0.0892. The van der Waals surface area contributed by atoms with Gasteiger partial charge >= 0.3 is 0 Å². The molecule has 1 N–H and O–H groups in total. The van der Waals surface area contributed by atoms with E-state index in [0.29, 0.717) is 18.3 Å². The molecule has 2 aromatic heterocycles. The number of allylic oxidation sites excluding steroid dienone is 1. The number of furan rings is 1. The largest absolute Gasteiger partial charge is 0.453 e. The minimum Gasteiger partial charge on any atom is -0.453 e. The van der Waals surface area contributed by atoms with Crippen LogP contribution in [0.25, 0.3) is 0 Å².